The van der Waals surface area contributed by atoms with E-state index in [1.54, 1.807) is 11.0 Å². The normalized spacial score (nSPS) is 11.1. The van der Waals surface area contributed by atoms with Crippen LogP contribution >= 0.6 is 11.6 Å². The molecule has 0 fully saturated rings. The van der Waals surface area contributed by atoms with Crippen molar-refractivity contribution in [1.29, 1.82) is 0 Å². The smallest absolute Gasteiger partial charge is 0.260 e. The molecule has 0 aliphatic carbocycles. The molecule has 0 saturated carbocycles. The van der Waals surface area contributed by atoms with Crippen LogP contribution in [0.3, 0.4) is 0 Å². The maximum Gasteiger partial charge on any atom is 0.260 e. The van der Waals surface area contributed by atoms with E-state index in [2.05, 4.69) is 5.32 Å². The summed E-state index contributed by atoms with van der Waals surface area (Å²) in [5.74, 6) is -1.15. The number of hydrogen-bond acceptors (Lipinski definition) is 5. The first-order valence-electron chi connectivity index (χ1n) is 10.5. The third-order valence-electron chi connectivity index (χ3n) is 4.80. The van der Waals surface area contributed by atoms with E-state index in [1.807, 2.05) is 44.2 Å². The van der Waals surface area contributed by atoms with E-state index in [-0.39, 0.29) is 23.3 Å². The van der Waals surface area contributed by atoms with Crippen molar-refractivity contribution in [2.75, 3.05) is 36.5 Å². The van der Waals surface area contributed by atoms with Crippen molar-refractivity contribution in [2.45, 2.75) is 26.7 Å². The molecule has 0 heterocycles. The van der Waals surface area contributed by atoms with Gasteiger partial charge < -0.3 is 15.0 Å². The highest BCUT2D eigenvalue weighted by atomic mass is 35.5. The first kappa shape index (κ1) is 25.7. The Morgan fingerprint density at radius 3 is 2.38 bits per heavy atom. The summed E-state index contributed by atoms with van der Waals surface area (Å²) in [6.45, 7) is 4.80. The number of likely N-dealkylation sites (N-methyl/N-ethyl adjacent to an activating group) is 1. The molecule has 9 heteroatoms. The molecular formula is C23H29ClN2O5S. The maximum atomic E-state index is 12.3. The van der Waals surface area contributed by atoms with Gasteiger partial charge in [-0.1, -0.05) is 41.9 Å². The summed E-state index contributed by atoms with van der Waals surface area (Å²) in [6.07, 6.45) is 1.08. The number of anilines is 1. The van der Waals surface area contributed by atoms with Gasteiger partial charge in [-0.05, 0) is 50.5 Å². The highest BCUT2D eigenvalue weighted by Crippen LogP contribution is 2.27. The van der Waals surface area contributed by atoms with Crippen LogP contribution in [0.2, 0.25) is 5.02 Å². The highest BCUT2D eigenvalue weighted by molar-refractivity contribution is 7.92. The molecular weight excluding hydrogens is 452 g/mol. The molecule has 1 N–H and O–H groups in total. The van der Waals surface area contributed by atoms with Gasteiger partial charge in [-0.2, -0.15) is 0 Å². The predicted octanol–water partition coefficient (Wildman–Crippen LogP) is 3.57. The van der Waals surface area contributed by atoms with Gasteiger partial charge in [0.2, 0.25) is 5.91 Å². The third-order valence-corrected chi connectivity index (χ3v) is 6.71. The van der Waals surface area contributed by atoms with Crippen molar-refractivity contribution in [3.05, 3.63) is 59.1 Å². The van der Waals surface area contributed by atoms with Gasteiger partial charge in [-0.3, -0.25) is 9.59 Å². The molecule has 0 unspecified atom stereocenters. The maximum absolute atomic E-state index is 12.3. The second kappa shape index (κ2) is 12.5. The zero-order chi connectivity index (χ0) is 23.6. The minimum Gasteiger partial charge on any atom is -0.482 e. The molecule has 2 aromatic carbocycles. The van der Waals surface area contributed by atoms with Gasteiger partial charge in [0.15, 0.2) is 16.4 Å². The lowest BCUT2D eigenvalue weighted by molar-refractivity contribution is -0.133. The molecule has 0 radical (unpaired) electrons. The van der Waals surface area contributed by atoms with E-state index in [0.29, 0.717) is 37.4 Å². The summed E-state index contributed by atoms with van der Waals surface area (Å²) in [4.78, 5) is 25.9. The van der Waals surface area contributed by atoms with Gasteiger partial charge in [-0.15, -0.1) is 0 Å². The van der Waals surface area contributed by atoms with Crippen LogP contribution in [0.1, 0.15) is 25.8 Å². The predicted molar refractivity (Wildman–Crippen MR) is 127 cm³/mol. The highest BCUT2D eigenvalue weighted by Gasteiger charge is 2.17. The summed E-state index contributed by atoms with van der Waals surface area (Å²) in [5.41, 5.74) is 1.41. The van der Waals surface area contributed by atoms with E-state index in [4.69, 9.17) is 16.3 Å². The molecule has 32 heavy (non-hydrogen) atoms. The molecule has 0 bridgehead atoms. The van der Waals surface area contributed by atoms with Crippen molar-refractivity contribution in [2.24, 2.45) is 0 Å². The summed E-state index contributed by atoms with van der Waals surface area (Å²) < 4.78 is 30.0. The number of carbonyl (C=O) groups excluding carboxylic acids is 2. The molecule has 7 nitrogen and oxygen atoms in total. The minimum atomic E-state index is -3.53. The van der Waals surface area contributed by atoms with Crippen LogP contribution in [-0.2, 0) is 25.8 Å². The molecule has 2 rings (SSSR count). The van der Waals surface area contributed by atoms with Gasteiger partial charge in [0, 0.05) is 18.8 Å². The van der Waals surface area contributed by atoms with Crippen LogP contribution in [0.25, 0.3) is 0 Å². The number of carbonyl (C=O) groups is 2. The molecule has 2 aromatic rings. The van der Waals surface area contributed by atoms with E-state index in [9.17, 15) is 18.0 Å². The standard InChI is InChI=1S/C23H29ClN2O5S/c1-3-26(4-2)23(28)16-31-21-13-12-19(15-20(21)24)25-22(27)17-32(29,30)14-8-11-18-9-6-5-7-10-18/h5-7,9-10,12-13,15H,3-4,8,11,14,16-17H2,1-2H3,(H,25,27). The number of ether oxygens (including phenoxy) is 1. The molecule has 174 valence electrons. The number of sulfone groups is 1. The lowest BCUT2D eigenvalue weighted by Crippen LogP contribution is -2.34. The molecule has 0 spiro atoms. The number of hydrogen-bond donors (Lipinski definition) is 1. The molecule has 0 aliphatic heterocycles. The molecule has 2 amide bonds. The van der Waals surface area contributed by atoms with E-state index in [1.165, 1.54) is 12.1 Å². The first-order valence-corrected chi connectivity index (χ1v) is 12.7. The minimum absolute atomic E-state index is 0.0661. The Hall–Kier alpha value is -2.58. The average Bonchev–Trinajstić information content (AvgIpc) is 2.74. The summed E-state index contributed by atoms with van der Waals surface area (Å²) in [6, 6.07) is 14.1. The second-order valence-corrected chi connectivity index (χ2v) is 9.82. The lowest BCUT2D eigenvalue weighted by atomic mass is 10.1. The fourth-order valence-corrected chi connectivity index (χ4v) is 4.55. The molecule has 0 aliphatic rings. The molecule has 0 saturated heterocycles. The van der Waals surface area contributed by atoms with Crippen LogP contribution in [0, 0.1) is 0 Å². The van der Waals surface area contributed by atoms with Gasteiger partial charge in [-0.25, -0.2) is 8.42 Å². The van der Waals surface area contributed by atoms with Gasteiger partial charge >= 0.3 is 0 Å². The number of nitrogens with zero attached hydrogens (tertiary/aromatic N) is 1. The quantitative estimate of drug-likeness (QED) is 0.501. The third kappa shape index (κ3) is 8.51. The van der Waals surface area contributed by atoms with Gasteiger partial charge in [0.1, 0.15) is 11.5 Å². The summed E-state index contributed by atoms with van der Waals surface area (Å²) in [7, 11) is -3.53. The zero-order valence-electron chi connectivity index (χ0n) is 18.3. The Morgan fingerprint density at radius 1 is 1.06 bits per heavy atom. The number of rotatable bonds is 12. The molecule has 0 atom stereocenters. The number of amides is 2. The van der Waals surface area contributed by atoms with E-state index in [0.717, 1.165) is 5.56 Å². The summed E-state index contributed by atoms with van der Waals surface area (Å²) in [5, 5.41) is 2.75. The number of halogens is 1. The Balaban J connectivity index is 1.84. The topological polar surface area (TPSA) is 92.8 Å². The number of benzene rings is 2. The largest absolute Gasteiger partial charge is 0.482 e. The Bertz CT molecular complexity index is 1010. The number of nitrogens with one attached hydrogen (secondary N) is 1. The van der Waals surface area contributed by atoms with Crippen molar-refractivity contribution >= 4 is 38.9 Å². The first-order chi connectivity index (χ1) is 15.2. The average molecular weight is 481 g/mol. The van der Waals surface area contributed by atoms with Crippen LogP contribution < -0.4 is 10.1 Å². The van der Waals surface area contributed by atoms with Crippen molar-refractivity contribution in [1.82, 2.24) is 4.90 Å². The lowest BCUT2D eigenvalue weighted by Gasteiger charge is -2.19. The van der Waals surface area contributed by atoms with Crippen molar-refractivity contribution < 1.29 is 22.7 Å². The molecule has 0 aromatic heterocycles. The second-order valence-electron chi connectivity index (χ2n) is 7.23. The van der Waals surface area contributed by atoms with E-state index >= 15 is 0 Å². The van der Waals surface area contributed by atoms with Gasteiger partial charge in [0.05, 0.1) is 10.8 Å². The monoisotopic (exact) mass is 480 g/mol. The fraction of sp³-hybridized carbons (Fsp3) is 0.391. The Morgan fingerprint density at radius 2 is 1.75 bits per heavy atom. The summed E-state index contributed by atoms with van der Waals surface area (Å²) >= 11 is 6.18. The SMILES string of the molecule is CCN(CC)C(=O)COc1ccc(NC(=O)CS(=O)(=O)CCCc2ccccc2)cc1Cl. The van der Waals surface area contributed by atoms with E-state index < -0.39 is 21.5 Å². The Kier molecular flexibility index (Phi) is 9.99. The Labute approximate surface area is 194 Å². The van der Waals surface area contributed by atoms with Crippen LogP contribution in [-0.4, -0.2) is 56.3 Å². The van der Waals surface area contributed by atoms with Crippen molar-refractivity contribution in [3.63, 3.8) is 0 Å². The van der Waals surface area contributed by atoms with Crippen molar-refractivity contribution in [3.8, 4) is 5.75 Å². The number of aryl methyl sites for hydroxylation is 1. The van der Waals surface area contributed by atoms with Crippen LogP contribution in [0.4, 0.5) is 5.69 Å². The zero-order valence-corrected chi connectivity index (χ0v) is 19.9. The van der Waals surface area contributed by atoms with Crippen LogP contribution in [0.5, 0.6) is 5.75 Å². The van der Waals surface area contributed by atoms with Crippen LogP contribution in [0.15, 0.2) is 48.5 Å². The van der Waals surface area contributed by atoms with Gasteiger partial charge in [0.25, 0.3) is 5.91 Å². The fourth-order valence-electron chi connectivity index (χ4n) is 3.11.